The van der Waals surface area contributed by atoms with Gasteiger partial charge in [-0.05, 0) is 67.8 Å². The molecule has 0 unspecified atom stereocenters. The number of anilines is 1. The van der Waals surface area contributed by atoms with E-state index in [1.165, 1.54) is 6.08 Å². The van der Waals surface area contributed by atoms with Crippen molar-refractivity contribution < 1.29 is 23.9 Å². The van der Waals surface area contributed by atoms with Crippen LogP contribution in [0.5, 0.6) is 11.5 Å². The lowest BCUT2D eigenvalue weighted by Gasteiger charge is -2.14. The first-order chi connectivity index (χ1) is 18.2. The summed E-state index contributed by atoms with van der Waals surface area (Å²) < 4.78 is 12.5. The molecule has 3 aromatic rings. The predicted octanol–water partition coefficient (Wildman–Crippen LogP) is 5.58. The second-order valence-electron chi connectivity index (χ2n) is 8.83. The fourth-order valence-electron chi connectivity index (χ4n) is 3.94. The molecule has 0 atom stereocenters. The number of hydrogen-bond acceptors (Lipinski definition) is 5. The lowest BCUT2D eigenvalue weighted by molar-refractivity contribution is -0.127. The molecule has 0 aliphatic carbocycles. The highest BCUT2D eigenvalue weighted by Crippen LogP contribution is 2.35. The molecule has 1 fully saturated rings. The molecule has 0 bridgehead atoms. The van der Waals surface area contributed by atoms with Crippen LogP contribution in [0.1, 0.15) is 29.2 Å². The standard InChI is InChI=1S/C29H28BrN3O5/c1-4-37-25-14-21(23(30)15-26(25)38-17-20-9-5-7-18(2)11-20)13-24-28(35)33(29(36)32-24)16-27(34)31-22-10-6-8-19(3)12-22/h5-15H,4,16-17H2,1-3H3,(H,31,34)(H,32,36)/b24-13+. The number of urea groups is 1. The number of nitrogens with one attached hydrogen (secondary N) is 2. The Morgan fingerprint density at radius 2 is 1.71 bits per heavy atom. The zero-order chi connectivity index (χ0) is 27.2. The molecule has 0 radical (unpaired) electrons. The number of nitrogens with zero attached hydrogens (tertiary/aromatic N) is 1. The van der Waals surface area contributed by atoms with E-state index in [2.05, 4.69) is 32.6 Å². The Morgan fingerprint density at radius 1 is 1.00 bits per heavy atom. The first-order valence-electron chi connectivity index (χ1n) is 12.1. The van der Waals surface area contributed by atoms with Crippen LogP contribution >= 0.6 is 15.9 Å². The summed E-state index contributed by atoms with van der Waals surface area (Å²) >= 11 is 3.53. The lowest BCUT2D eigenvalue weighted by Crippen LogP contribution is -2.38. The van der Waals surface area contributed by atoms with Gasteiger partial charge in [0.1, 0.15) is 18.8 Å². The van der Waals surface area contributed by atoms with Gasteiger partial charge in [-0.1, -0.05) is 57.9 Å². The van der Waals surface area contributed by atoms with E-state index in [1.807, 2.05) is 51.1 Å². The number of hydrogen-bond donors (Lipinski definition) is 2. The largest absolute Gasteiger partial charge is 0.490 e. The third-order valence-corrected chi connectivity index (χ3v) is 6.39. The topological polar surface area (TPSA) is 97.0 Å². The smallest absolute Gasteiger partial charge is 0.329 e. The molecule has 4 rings (SSSR count). The van der Waals surface area contributed by atoms with Gasteiger partial charge in [0.25, 0.3) is 5.91 Å². The molecule has 8 nitrogen and oxygen atoms in total. The summed E-state index contributed by atoms with van der Waals surface area (Å²) in [6, 6.07) is 18.1. The maximum atomic E-state index is 13.0. The molecule has 0 saturated carbocycles. The number of ether oxygens (including phenoxy) is 2. The number of carbonyl (C=O) groups is 3. The third-order valence-electron chi connectivity index (χ3n) is 5.71. The summed E-state index contributed by atoms with van der Waals surface area (Å²) in [4.78, 5) is 38.8. The van der Waals surface area contributed by atoms with E-state index >= 15 is 0 Å². The van der Waals surface area contributed by atoms with Gasteiger partial charge in [-0.2, -0.15) is 0 Å². The van der Waals surface area contributed by atoms with Crippen LogP contribution in [0.3, 0.4) is 0 Å². The number of aryl methyl sites for hydroxylation is 2. The van der Waals surface area contributed by atoms with Gasteiger partial charge in [-0.25, -0.2) is 9.69 Å². The molecule has 1 heterocycles. The molecule has 0 aromatic heterocycles. The average molecular weight is 578 g/mol. The SMILES string of the molecule is CCOc1cc(/C=C2/NC(=O)N(CC(=O)Nc3cccc(C)c3)C2=O)c(Br)cc1OCc1cccc(C)c1. The maximum absolute atomic E-state index is 13.0. The fourth-order valence-corrected chi connectivity index (χ4v) is 4.38. The first kappa shape index (κ1) is 26.9. The fraction of sp³-hybridized carbons (Fsp3) is 0.207. The van der Waals surface area contributed by atoms with Crippen molar-refractivity contribution >= 4 is 45.5 Å². The molecule has 3 aromatic carbocycles. The normalized spacial score (nSPS) is 14.0. The zero-order valence-corrected chi connectivity index (χ0v) is 22.9. The number of benzene rings is 3. The highest BCUT2D eigenvalue weighted by atomic mass is 79.9. The van der Waals surface area contributed by atoms with Gasteiger partial charge >= 0.3 is 6.03 Å². The van der Waals surface area contributed by atoms with Crippen LogP contribution in [0.2, 0.25) is 0 Å². The van der Waals surface area contributed by atoms with Crippen molar-refractivity contribution in [3.8, 4) is 11.5 Å². The Morgan fingerprint density at radius 3 is 2.42 bits per heavy atom. The molecule has 1 aliphatic rings. The number of amides is 4. The van der Waals surface area contributed by atoms with E-state index in [0.29, 0.717) is 40.4 Å². The first-order valence-corrected chi connectivity index (χ1v) is 12.9. The van der Waals surface area contributed by atoms with Gasteiger partial charge in [0, 0.05) is 10.2 Å². The molecular formula is C29H28BrN3O5. The van der Waals surface area contributed by atoms with Crippen molar-refractivity contribution in [2.24, 2.45) is 0 Å². The van der Waals surface area contributed by atoms with E-state index in [1.54, 1.807) is 24.3 Å². The highest BCUT2D eigenvalue weighted by Gasteiger charge is 2.35. The van der Waals surface area contributed by atoms with Crippen LogP contribution in [0.4, 0.5) is 10.5 Å². The van der Waals surface area contributed by atoms with Crippen molar-refractivity contribution in [3.63, 3.8) is 0 Å². The van der Waals surface area contributed by atoms with Crippen molar-refractivity contribution in [1.82, 2.24) is 10.2 Å². The summed E-state index contributed by atoms with van der Waals surface area (Å²) in [5, 5.41) is 5.26. The van der Waals surface area contributed by atoms with Crippen LogP contribution in [0, 0.1) is 13.8 Å². The van der Waals surface area contributed by atoms with Crippen LogP contribution in [0.25, 0.3) is 6.08 Å². The Bertz CT molecular complexity index is 1420. The monoisotopic (exact) mass is 577 g/mol. The van der Waals surface area contributed by atoms with Crippen LogP contribution in [0.15, 0.2) is 70.8 Å². The number of imide groups is 1. The van der Waals surface area contributed by atoms with E-state index in [9.17, 15) is 14.4 Å². The van der Waals surface area contributed by atoms with Crippen LogP contribution < -0.4 is 20.1 Å². The van der Waals surface area contributed by atoms with Gasteiger partial charge in [0.15, 0.2) is 11.5 Å². The molecule has 1 saturated heterocycles. The summed E-state index contributed by atoms with van der Waals surface area (Å²) in [6.07, 6.45) is 1.54. The second kappa shape index (κ2) is 12.0. The number of carbonyl (C=O) groups excluding carboxylic acids is 3. The number of halogens is 1. The van der Waals surface area contributed by atoms with Gasteiger partial charge in [-0.15, -0.1) is 0 Å². The van der Waals surface area contributed by atoms with E-state index in [0.717, 1.165) is 21.6 Å². The Balaban J connectivity index is 1.49. The van der Waals surface area contributed by atoms with E-state index in [-0.39, 0.29) is 5.70 Å². The average Bonchev–Trinajstić information content (AvgIpc) is 3.12. The molecular weight excluding hydrogens is 550 g/mol. The molecule has 2 N–H and O–H groups in total. The maximum Gasteiger partial charge on any atom is 0.329 e. The molecule has 4 amide bonds. The summed E-state index contributed by atoms with van der Waals surface area (Å²) in [7, 11) is 0. The van der Waals surface area contributed by atoms with E-state index in [4.69, 9.17) is 9.47 Å². The third kappa shape index (κ3) is 6.60. The summed E-state index contributed by atoms with van der Waals surface area (Å²) in [6.45, 7) is 6.16. The van der Waals surface area contributed by atoms with Crippen molar-refractivity contribution in [3.05, 3.63) is 93.1 Å². The molecule has 196 valence electrons. The van der Waals surface area contributed by atoms with Crippen LogP contribution in [-0.4, -0.2) is 35.9 Å². The Hall–Kier alpha value is -4.11. The predicted molar refractivity (Wildman–Crippen MR) is 149 cm³/mol. The van der Waals surface area contributed by atoms with Crippen LogP contribution in [-0.2, 0) is 16.2 Å². The highest BCUT2D eigenvalue weighted by molar-refractivity contribution is 9.10. The molecule has 0 spiro atoms. The quantitative estimate of drug-likeness (QED) is 0.256. The zero-order valence-electron chi connectivity index (χ0n) is 21.3. The van der Waals surface area contributed by atoms with Gasteiger partial charge in [0.05, 0.1) is 6.61 Å². The van der Waals surface area contributed by atoms with Crippen molar-refractivity contribution in [1.29, 1.82) is 0 Å². The van der Waals surface area contributed by atoms with E-state index < -0.39 is 24.4 Å². The van der Waals surface area contributed by atoms with Crippen molar-refractivity contribution in [2.75, 3.05) is 18.5 Å². The molecule has 1 aliphatic heterocycles. The minimum atomic E-state index is -0.667. The lowest BCUT2D eigenvalue weighted by atomic mass is 10.1. The van der Waals surface area contributed by atoms with Gasteiger partial charge in [0.2, 0.25) is 5.91 Å². The summed E-state index contributed by atoms with van der Waals surface area (Å²) in [5.74, 6) is -0.0331. The second-order valence-corrected chi connectivity index (χ2v) is 9.68. The Labute approximate surface area is 229 Å². The van der Waals surface area contributed by atoms with Gasteiger partial charge < -0.3 is 20.1 Å². The van der Waals surface area contributed by atoms with Gasteiger partial charge in [-0.3, -0.25) is 9.59 Å². The number of rotatable bonds is 9. The summed E-state index contributed by atoms with van der Waals surface area (Å²) in [5.41, 5.74) is 4.40. The van der Waals surface area contributed by atoms with Crippen molar-refractivity contribution in [2.45, 2.75) is 27.4 Å². The minimum absolute atomic E-state index is 0.0509. The molecule has 9 heteroatoms. The molecule has 38 heavy (non-hydrogen) atoms. The minimum Gasteiger partial charge on any atom is -0.490 e. The Kier molecular flexibility index (Phi) is 8.48.